The van der Waals surface area contributed by atoms with Gasteiger partial charge in [-0.05, 0) is 63.2 Å². The van der Waals surface area contributed by atoms with Crippen molar-refractivity contribution in [2.75, 3.05) is 12.9 Å². The van der Waals surface area contributed by atoms with Gasteiger partial charge in [-0.2, -0.15) is 0 Å². The molecule has 9 unspecified atom stereocenters. The van der Waals surface area contributed by atoms with Gasteiger partial charge in [-0.15, -0.1) is 11.8 Å². The third-order valence-electron chi connectivity index (χ3n) is 8.98. The Hall–Kier alpha value is -1.86. The minimum Gasteiger partial charge on any atom is -0.458 e. The molecule has 1 aromatic rings. The average Bonchev–Trinajstić information content (AvgIpc) is 3.15. The molecule has 0 saturated carbocycles. The van der Waals surface area contributed by atoms with Crippen molar-refractivity contribution in [1.82, 2.24) is 0 Å². The van der Waals surface area contributed by atoms with Crippen molar-refractivity contribution in [3.8, 4) is 0 Å². The van der Waals surface area contributed by atoms with Crippen molar-refractivity contribution in [1.29, 1.82) is 0 Å². The first-order valence-electron chi connectivity index (χ1n) is 14.5. The van der Waals surface area contributed by atoms with Gasteiger partial charge in [-0.25, -0.2) is 0 Å². The van der Waals surface area contributed by atoms with Gasteiger partial charge < -0.3 is 14.2 Å². The number of carbonyl (C=O) groups excluding carboxylic acids is 3. The molecule has 0 amide bonds. The predicted octanol–water partition coefficient (Wildman–Crippen LogP) is 6.29. The van der Waals surface area contributed by atoms with E-state index in [9.17, 15) is 14.4 Å². The number of hydrogen-bond donors (Lipinski definition) is 0. The molecule has 0 spiro atoms. The lowest BCUT2D eigenvalue weighted by Gasteiger charge is -2.41. The van der Waals surface area contributed by atoms with Crippen LogP contribution in [0.1, 0.15) is 79.7 Å². The van der Waals surface area contributed by atoms with Gasteiger partial charge in [0.2, 0.25) is 0 Å². The number of cyclic esters (lactones) is 1. The largest absolute Gasteiger partial charge is 0.458 e. The van der Waals surface area contributed by atoms with Gasteiger partial charge in [0.1, 0.15) is 17.1 Å². The molecule has 2 heterocycles. The van der Waals surface area contributed by atoms with Crippen LogP contribution in [0.25, 0.3) is 0 Å². The molecule has 0 aliphatic carbocycles. The van der Waals surface area contributed by atoms with Gasteiger partial charge in [0.15, 0.2) is 5.60 Å². The second-order valence-electron chi connectivity index (χ2n) is 12.4. The summed E-state index contributed by atoms with van der Waals surface area (Å²) >= 11 is 1.55. The number of benzene rings is 1. The Bertz CT molecular complexity index is 998. The number of ether oxygens (including phenoxy) is 3. The Morgan fingerprint density at radius 1 is 0.974 bits per heavy atom. The maximum absolute atomic E-state index is 14.0. The van der Waals surface area contributed by atoms with E-state index in [4.69, 9.17) is 14.2 Å². The highest BCUT2D eigenvalue weighted by Crippen LogP contribution is 2.48. The quantitative estimate of drug-likeness (QED) is 0.379. The van der Waals surface area contributed by atoms with Crippen LogP contribution in [0, 0.1) is 29.6 Å². The second-order valence-corrected chi connectivity index (χ2v) is 13.6. The number of fused-ring (bicyclic) bond motifs is 1. The number of methoxy groups -OCH3 is 1. The topological polar surface area (TPSA) is 78.9 Å². The molecule has 218 valence electrons. The van der Waals surface area contributed by atoms with E-state index < -0.39 is 34.4 Å². The van der Waals surface area contributed by atoms with E-state index in [1.807, 2.05) is 52.8 Å². The van der Waals surface area contributed by atoms with Crippen LogP contribution in [0.4, 0.5) is 0 Å². The molecule has 9 atom stereocenters. The summed E-state index contributed by atoms with van der Waals surface area (Å²) in [6.45, 7) is 13.8. The number of esters is 2. The van der Waals surface area contributed by atoms with Crippen molar-refractivity contribution >= 4 is 29.5 Å². The third kappa shape index (κ3) is 7.27. The number of carbonyl (C=O) groups is 3. The van der Waals surface area contributed by atoms with Crippen LogP contribution in [0.5, 0.6) is 0 Å². The Morgan fingerprint density at radius 3 is 2.26 bits per heavy atom. The van der Waals surface area contributed by atoms with Crippen molar-refractivity contribution in [2.24, 2.45) is 29.6 Å². The highest BCUT2D eigenvalue weighted by molar-refractivity contribution is 8.00. The molecule has 2 saturated heterocycles. The number of aryl methyl sites for hydroxylation is 1. The lowest BCUT2D eigenvalue weighted by atomic mass is 9.70. The molecular weight excluding hydrogens is 512 g/mol. The van der Waals surface area contributed by atoms with E-state index in [2.05, 4.69) is 26.0 Å². The maximum atomic E-state index is 14.0. The van der Waals surface area contributed by atoms with Crippen molar-refractivity contribution in [3.63, 3.8) is 0 Å². The Kier molecular flexibility index (Phi) is 10.7. The van der Waals surface area contributed by atoms with Crippen LogP contribution in [0.2, 0.25) is 0 Å². The average molecular weight is 561 g/mol. The highest BCUT2D eigenvalue weighted by atomic mass is 32.2. The van der Waals surface area contributed by atoms with E-state index in [1.165, 1.54) is 5.56 Å². The summed E-state index contributed by atoms with van der Waals surface area (Å²) in [5.41, 5.74) is -0.394. The minimum absolute atomic E-state index is 0.0979. The van der Waals surface area contributed by atoms with Crippen molar-refractivity contribution in [3.05, 3.63) is 35.9 Å². The summed E-state index contributed by atoms with van der Waals surface area (Å²) in [6.07, 6.45) is 2.65. The van der Waals surface area contributed by atoms with E-state index in [-0.39, 0.29) is 35.5 Å². The zero-order chi connectivity index (χ0) is 29.0. The lowest BCUT2D eigenvalue weighted by molar-refractivity contribution is -0.183. The van der Waals surface area contributed by atoms with Crippen LogP contribution in [0.15, 0.2) is 30.3 Å². The summed E-state index contributed by atoms with van der Waals surface area (Å²) < 4.78 is 18.2. The van der Waals surface area contributed by atoms with Gasteiger partial charge in [-0.3, -0.25) is 14.4 Å². The monoisotopic (exact) mass is 560 g/mol. The Balaban J connectivity index is 1.98. The Morgan fingerprint density at radius 2 is 1.64 bits per heavy atom. The fourth-order valence-electron chi connectivity index (χ4n) is 6.96. The molecule has 2 fully saturated rings. The van der Waals surface area contributed by atoms with Crippen molar-refractivity contribution < 1.29 is 28.6 Å². The van der Waals surface area contributed by atoms with Gasteiger partial charge >= 0.3 is 11.9 Å². The summed E-state index contributed by atoms with van der Waals surface area (Å²) in [7, 11) is 1.69. The summed E-state index contributed by atoms with van der Waals surface area (Å²) in [6, 6.07) is 10.2. The molecule has 0 bridgehead atoms. The van der Waals surface area contributed by atoms with E-state index in [0.717, 1.165) is 18.6 Å². The number of hydrogen-bond acceptors (Lipinski definition) is 7. The van der Waals surface area contributed by atoms with Crippen LogP contribution in [0.3, 0.4) is 0 Å². The summed E-state index contributed by atoms with van der Waals surface area (Å²) in [5.74, 6) is -1.02. The fourth-order valence-corrected chi connectivity index (χ4v) is 8.46. The molecule has 3 rings (SSSR count). The first-order valence-corrected chi connectivity index (χ1v) is 15.6. The molecule has 39 heavy (non-hydrogen) atoms. The second kappa shape index (κ2) is 13.2. The molecule has 7 heteroatoms. The lowest BCUT2D eigenvalue weighted by Crippen LogP contribution is -2.52. The highest BCUT2D eigenvalue weighted by Gasteiger charge is 2.61. The molecule has 0 N–H and O–H groups in total. The Labute approximate surface area is 239 Å². The molecule has 2 aliphatic rings. The smallest absolute Gasteiger partial charge is 0.320 e. The number of thioether (sulfide) groups is 1. The molecule has 6 nitrogen and oxygen atoms in total. The zero-order valence-corrected chi connectivity index (χ0v) is 25.8. The molecule has 0 radical (unpaired) electrons. The number of ketones is 1. The number of rotatable bonds is 6. The summed E-state index contributed by atoms with van der Waals surface area (Å²) in [5, 5.41) is -0.517. The van der Waals surface area contributed by atoms with Crippen LogP contribution >= 0.6 is 11.8 Å². The first-order chi connectivity index (χ1) is 18.3. The van der Waals surface area contributed by atoms with Crippen molar-refractivity contribution in [2.45, 2.75) is 103 Å². The minimum atomic E-state index is -1.10. The standard InChI is InChI=1S/C32H48O6S/c1-9-25-32(7)26(28(30(35)38-32)39-16-15-24-13-11-10-12-14-24)23(5)27(33)22(4)19-31(6,36-8)18-20(2)17-21(3)29(34)37-25/h10-14,20-23,25-26,28H,9,15-19H2,1-8H3. The normalized spacial score (nSPS) is 38.5. The van der Waals surface area contributed by atoms with Crippen LogP contribution < -0.4 is 0 Å². The van der Waals surface area contributed by atoms with E-state index in [0.29, 0.717) is 19.3 Å². The summed E-state index contributed by atoms with van der Waals surface area (Å²) in [4.78, 5) is 40.7. The molecule has 1 aromatic carbocycles. The molecular formula is C32H48O6S. The van der Waals surface area contributed by atoms with Crippen LogP contribution in [-0.2, 0) is 35.0 Å². The van der Waals surface area contributed by atoms with Gasteiger partial charge in [0.05, 0.1) is 11.5 Å². The van der Waals surface area contributed by atoms with Gasteiger partial charge in [0, 0.05) is 24.9 Å². The van der Waals surface area contributed by atoms with Gasteiger partial charge in [0.25, 0.3) is 0 Å². The number of Topliss-reactive ketones (excluding diaryl/α,β-unsaturated/α-hetero) is 1. The SMILES string of the molecule is CCC1OC(=O)C(C)CC(C)CC(C)(OC)CC(C)C(=O)C(C)C2C(SCCc3ccccc3)C(=O)OC12C. The fraction of sp³-hybridized carbons (Fsp3) is 0.719. The van der Waals surface area contributed by atoms with Gasteiger partial charge in [-0.1, -0.05) is 65.0 Å². The van der Waals surface area contributed by atoms with E-state index in [1.54, 1.807) is 18.9 Å². The third-order valence-corrected chi connectivity index (χ3v) is 10.3. The molecule has 2 aliphatic heterocycles. The zero-order valence-electron chi connectivity index (χ0n) is 25.0. The first kappa shape index (κ1) is 31.7. The predicted molar refractivity (Wildman–Crippen MR) is 155 cm³/mol. The maximum Gasteiger partial charge on any atom is 0.320 e. The van der Waals surface area contributed by atoms with E-state index >= 15 is 0 Å². The molecule has 0 aromatic heterocycles. The van der Waals surface area contributed by atoms with Crippen LogP contribution in [-0.4, -0.2) is 53.1 Å².